The lowest BCUT2D eigenvalue weighted by molar-refractivity contribution is -0.118. The van der Waals surface area contributed by atoms with E-state index in [0.29, 0.717) is 33.4 Å². The molecule has 3 aromatic rings. The van der Waals surface area contributed by atoms with Crippen LogP contribution in [-0.4, -0.2) is 22.5 Å². The number of carbonyl (C=O) groups excluding carboxylic acids is 2. The first-order valence-electron chi connectivity index (χ1n) is 10.3. The number of thioether (sulfide) groups is 1. The van der Waals surface area contributed by atoms with Gasteiger partial charge in [-0.3, -0.25) is 9.59 Å². The molecule has 0 aliphatic carbocycles. The van der Waals surface area contributed by atoms with E-state index in [1.807, 2.05) is 18.2 Å². The minimum atomic E-state index is -0.766. The van der Waals surface area contributed by atoms with Gasteiger partial charge in [-0.15, -0.1) is 11.8 Å². The zero-order valence-corrected chi connectivity index (χ0v) is 18.7. The molecule has 2 aromatic heterocycles. The summed E-state index contributed by atoms with van der Waals surface area (Å²) in [4.78, 5) is 30.3. The van der Waals surface area contributed by atoms with Crippen molar-refractivity contribution in [1.82, 2.24) is 5.32 Å². The van der Waals surface area contributed by atoms with Crippen LogP contribution in [0.3, 0.4) is 0 Å². The molecule has 1 N–H and O–H groups in total. The molecule has 0 spiro atoms. The monoisotopic (exact) mass is 459 g/mol. The van der Waals surface area contributed by atoms with Crippen molar-refractivity contribution in [2.45, 2.75) is 19.4 Å². The topological polar surface area (TPSA) is 109 Å². The number of nitriles is 1. The van der Waals surface area contributed by atoms with E-state index < -0.39 is 11.8 Å². The normalized spacial score (nSPS) is 17.9. The van der Waals surface area contributed by atoms with Gasteiger partial charge in [0.2, 0.25) is 5.91 Å². The molecule has 7 nitrogen and oxygen atoms in total. The fourth-order valence-corrected chi connectivity index (χ4v) is 4.70. The third kappa shape index (κ3) is 4.99. The first-order chi connectivity index (χ1) is 16.1. The van der Waals surface area contributed by atoms with Crippen LogP contribution in [-0.2, 0) is 11.3 Å². The van der Waals surface area contributed by atoms with Crippen molar-refractivity contribution >= 4 is 28.5 Å². The maximum atomic E-state index is 13.1. The third-order valence-electron chi connectivity index (χ3n) is 5.26. The van der Waals surface area contributed by atoms with Crippen molar-refractivity contribution < 1.29 is 18.4 Å². The summed E-state index contributed by atoms with van der Waals surface area (Å²) in [6, 6.07) is 18.2. The molecule has 4 rings (SSSR count). The molecular weight excluding hydrogens is 438 g/mol. The SMILES string of the molecule is CC1=C(C(=O)NCc2ccco2)C(c2ccco2)C(C#N)C(SCC(=O)c2ccccc2)=N1. The molecule has 1 aromatic carbocycles. The molecular formula is C25H21N3O4S. The van der Waals surface area contributed by atoms with Crippen molar-refractivity contribution in [2.75, 3.05) is 5.75 Å². The van der Waals surface area contributed by atoms with Gasteiger partial charge in [0.15, 0.2) is 5.78 Å². The molecule has 3 heterocycles. The Morgan fingerprint density at radius 2 is 1.85 bits per heavy atom. The first kappa shape index (κ1) is 22.4. The summed E-state index contributed by atoms with van der Waals surface area (Å²) >= 11 is 1.22. The lowest BCUT2D eigenvalue weighted by Gasteiger charge is -2.28. The molecule has 0 bridgehead atoms. The molecule has 0 saturated carbocycles. The van der Waals surface area contributed by atoms with Crippen LogP contribution in [0.25, 0.3) is 0 Å². The second-order valence-electron chi connectivity index (χ2n) is 7.39. The number of ketones is 1. The van der Waals surface area contributed by atoms with E-state index in [4.69, 9.17) is 8.83 Å². The highest BCUT2D eigenvalue weighted by Gasteiger charge is 2.40. The number of amides is 1. The number of hydrogen-bond acceptors (Lipinski definition) is 7. The highest BCUT2D eigenvalue weighted by Crippen LogP contribution is 2.41. The zero-order valence-electron chi connectivity index (χ0n) is 17.9. The van der Waals surface area contributed by atoms with Crippen LogP contribution < -0.4 is 5.32 Å². The summed E-state index contributed by atoms with van der Waals surface area (Å²) in [5.74, 6) is -0.573. The van der Waals surface area contributed by atoms with Gasteiger partial charge in [-0.2, -0.15) is 5.26 Å². The number of furan rings is 2. The van der Waals surface area contributed by atoms with Crippen LogP contribution in [0.1, 0.15) is 34.7 Å². The molecule has 1 aliphatic rings. The second-order valence-corrected chi connectivity index (χ2v) is 8.38. The Balaban J connectivity index is 1.61. The Morgan fingerprint density at radius 3 is 2.52 bits per heavy atom. The van der Waals surface area contributed by atoms with E-state index in [1.165, 1.54) is 24.3 Å². The fourth-order valence-electron chi connectivity index (χ4n) is 3.68. The van der Waals surface area contributed by atoms with Gasteiger partial charge in [-0.1, -0.05) is 30.3 Å². The van der Waals surface area contributed by atoms with E-state index >= 15 is 0 Å². The van der Waals surface area contributed by atoms with Crippen molar-refractivity contribution in [3.63, 3.8) is 0 Å². The average Bonchev–Trinajstić information content (AvgIpc) is 3.55. The summed E-state index contributed by atoms with van der Waals surface area (Å²) in [6.07, 6.45) is 3.05. The molecule has 0 fully saturated rings. The van der Waals surface area contributed by atoms with Crippen LogP contribution >= 0.6 is 11.8 Å². The summed E-state index contributed by atoms with van der Waals surface area (Å²) in [5.41, 5.74) is 1.44. The van der Waals surface area contributed by atoms with Gasteiger partial charge in [-0.25, -0.2) is 4.99 Å². The zero-order chi connectivity index (χ0) is 23.2. The molecule has 1 aliphatic heterocycles. The number of nitrogens with zero attached hydrogens (tertiary/aromatic N) is 2. The summed E-state index contributed by atoms with van der Waals surface area (Å²) in [5, 5.41) is 13.4. The van der Waals surface area contributed by atoms with E-state index in [-0.39, 0.29) is 24.0 Å². The molecule has 0 radical (unpaired) electrons. The average molecular weight is 460 g/mol. The van der Waals surface area contributed by atoms with Crippen LogP contribution in [0.15, 0.2) is 92.2 Å². The fraction of sp³-hybridized carbons (Fsp3) is 0.200. The van der Waals surface area contributed by atoms with E-state index in [0.717, 1.165) is 0 Å². The predicted molar refractivity (Wildman–Crippen MR) is 124 cm³/mol. The highest BCUT2D eigenvalue weighted by molar-refractivity contribution is 8.14. The number of rotatable bonds is 7. The van der Waals surface area contributed by atoms with Crippen molar-refractivity contribution in [3.8, 4) is 6.07 Å². The maximum absolute atomic E-state index is 13.1. The van der Waals surface area contributed by atoms with Crippen molar-refractivity contribution in [3.05, 3.63) is 95.5 Å². The number of nitrogens with one attached hydrogen (secondary N) is 1. The minimum absolute atomic E-state index is 0.0573. The summed E-state index contributed by atoms with van der Waals surface area (Å²) < 4.78 is 10.9. The summed E-state index contributed by atoms with van der Waals surface area (Å²) in [7, 11) is 0. The Morgan fingerprint density at radius 1 is 1.09 bits per heavy atom. The van der Waals surface area contributed by atoms with Crippen molar-refractivity contribution in [2.24, 2.45) is 10.9 Å². The van der Waals surface area contributed by atoms with Crippen molar-refractivity contribution in [1.29, 1.82) is 5.26 Å². The third-order valence-corrected chi connectivity index (χ3v) is 6.31. The van der Waals surface area contributed by atoms with E-state index in [2.05, 4.69) is 16.4 Å². The molecule has 2 unspecified atom stereocenters. The quantitative estimate of drug-likeness (QED) is 0.512. The largest absolute Gasteiger partial charge is 0.469 e. The Labute approximate surface area is 195 Å². The lowest BCUT2D eigenvalue weighted by Crippen LogP contribution is -2.34. The van der Waals surface area contributed by atoms with Crippen LogP contribution in [0.2, 0.25) is 0 Å². The molecule has 8 heteroatoms. The summed E-state index contributed by atoms with van der Waals surface area (Å²) in [6.45, 7) is 1.94. The molecule has 2 atom stereocenters. The van der Waals surface area contributed by atoms with Gasteiger partial charge in [0, 0.05) is 11.3 Å². The van der Waals surface area contributed by atoms with Gasteiger partial charge in [0.1, 0.15) is 17.4 Å². The lowest BCUT2D eigenvalue weighted by atomic mass is 9.81. The maximum Gasteiger partial charge on any atom is 0.250 e. The smallest absolute Gasteiger partial charge is 0.250 e. The number of allylic oxidation sites excluding steroid dienone is 1. The Kier molecular flexibility index (Phi) is 6.91. The number of benzene rings is 1. The molecule has 1 amide bonds. The Bertz CT molecular complexity index is 1220. The predicted octanol–water partition coefficient (Wildman–Crippen LogP) is 4.71. The van der Waals surface area contributed by atoms with Crippen LogP contribution in [0.4, 0.5) is 0 Å². The van der Waals surface area contributed by atoms with Gasteiger partial charge in [0.25, 0.3) is 0 Å². The second kappa shape index (κ2) is 10.2. The molecule has 33 heavy (non-hydrogen) atoms. The number of hydrogen-bond donors (Lipinski definition) is 1. The van der Waals surface area contributed by atoms with Gasteiger partial charge in [-0.05, 0) is 31.2 Å². The van der Waals surface area contributed by atoms with E-state index in [1.54, 1.807) is 43.3 Å². The molecule has 0 saturated heterocycles. The number of aliphatic imine (C=N–C) groups is 1. The Hall–Kier alpha value is -3.83. The van der Waals surface area contributed by atoms with Gasteiger partial charge < -0.3 is 14.2 Å². The van der Waals surface area contributed by atoms with Crippen LogP contribution in [0, 0.1) is 17.2 Å². The van der Waals surface area contributed by atoms with Gasteiger partial charge >= 0.3 is 0 Å². The van der Waals surface area contributed by atoms with E-state index in [9.17, 15) is 14.9 Å². The van der Waals surface area contributed by atoms with Crippen LogP contribution in [0.5, 0.6) is 0 Å². The number of Topliss-reactive ketones (excluding diaryl/α,β-unsaturated/α-hetero) is 1. The highest BCUT2D eigenvalue weighted by atomic mass is 32.2. The number of carbonyl (C=O) groups is 2. The standard InChI is InChI=1S/C25H21N3O4S/c1-16-22(24(30)27-14-18-9-5-11-31-18)23(21-10-6-12-32-21)19(13-26)25(28-16)33-15-20(29)17-7-3-2-4-8-17/h2-12,19,23H,14-15H2,1H3,(H,27,30). The van der Waals surface area contributed by atoms with Gasteiger partial charge in [0.05, 0.1) is 47.4 Å². The molecule has 166 valence electrons. The first-order valence-corrected chi connectivity index (χ1v) is 11.3. The minimum Gasteiger partial charge on any atom is -0.469 e.